The van der Waals surface area contributed by atoms with Gasteiger partial charge in [0.15, 0.2) is 5.84 Å². The zero-order valence-corrected chi connectivity index (χ0v) is 17.8. The molecule has 0 unspecified atom stereocenters. The molecule has 8 heteroatoms. The minimum atomic E-state index is -0.412. The summed E-state index contributed by atoms with van der Waals surface area (Å²) in [7, 11) is 0. The van der Waals surface area contributed by atoms with E-state index in [4.69, 9.17) is 10.1 Å². The van der Waals surface area contributed by atoms with Gasteiger partial charge in [0.1, 0.15) is 10.8 Å². The molecule has 3 heterocycles. The topological polar surface area (TPSA) is 83.0 Å². The van der Waals surface area contributed by atoms with Crippen LogP contribution in [0.4, 0.5) is 0 Å². The lowest BCUT2D eigenvalue weighted by molar-refractivity contribution is -0.114. The van der Waals surface area contributed by atoms with Crippen LogP contribution in [-0.2, 0) is 4.79 Å². The summed E-state index contributed by atoms with van der Waals surface area (Å²) in [6, 6.07) is 11.5. The van der Waals surface area contributed by atoms with Crippen LogP contribution in [0.15, 0.2) is 58.3 Å². The highest BCUT2D eigenvalue weighted by Crippen LogP contribution is 2.30. The quantitative estimate of drug-likeness (QED) is 0.658. The Labute approximate surface area is 179 Å². The van der Waals surface area contributed by atoms with E-state index >= 15 is 0 Å². The summed E-state index contributed by atoms with van der Waals surface area (Å²) < 4.78 is 7.46. The molecule has 0 bridgehead atoms. The van der Waals surface area contributed by atoms with Gasteiger partial charge in [-0.05, 0) is 74.0 Å². The standard InChI is InChI=1S/C22H23N5O2S/c1-3-5-8-19-25-27-20(23)18(21(28)24-22(27)30-19)14-16-7-6-13-26(16)15-9-11-17(12-10-15)29-4-2/h6-7,9-14,23H,3-5,8H2,1-2H3/b18-14-,23-20?. The fraction of sp³-hybridized carbons (Fsp3) is 0.273. The minimum Gasteiger partial charge on any atom is -0.494 e. The lowest BCUT2D eigenvalue weighted by Crippen LogP contribution is -2.35. The first-order chi connectivity index (χ1) is 14.6. The number of amides is 1. The molecular formula is C22H23N5O2S. The van der Waals surface area contributed by atoms with Crippen LogP contribution in [0.25, 0.3) is 11.8 Å². The first kappa shape index (κ1) is 20.2. The van der Waals surface area contributed by atoms with Crippen LogP contribution in [0.1, 0.15) is 38.8 Å². The Morgan fingerprint density at radius 3 is 2.73 bits per heavy atom. The molecule has 0 fully saturated rings. The van der Waals surface area contributed by atoms with Gasteiger partial charge in [-0.1, -0.05) is 13.3 Å². The Hall–Kier alpha value is -3.13. The molecule has 0 aliphatic carbocycles. The fourth-order valence-corrected chi connectivity index (χ4v) is 4.15. The predicted molar refractivity (Wildman–Crippen MR) is 121 cm³/mol. The molecule has 1 aromatic heterocycles. The SMILES string of the molecule is CCCCC1=NN2C(=N)/C(=C/c3cccn3-c3ccc(OCC)cc3)C(=O)N=C2S1. The summed E-state index contributed by atoms with van der Waals surface area (Å²) in [5, 5.41) is 15.9. The number of thioether (sulfide) groups is 1. The number of hydrazone groups is 1. The first-order valence-electron chi connectivity index (χ1n) is 10.0. The average molecular weight is 422 g/mol. The summed E-state index contributed by atoms with van der Waals surface area (Å²) in [6.45, 7) is 4.69. The van der Waals surface area contributed by atoms with Crippen LogP contribution in [0.3, 0.4) is 0 Å². The second-order valence-corrected chi connectivity index (χ2v) is 7.89. The van der Waals surface area contributed by atoms with Crippen LogP contribution >= 0.6 is 11.8 Å². The van der Waals surface area contributed by atoms with E-state index < -0.39 is 5.91 Å². The van der Waals surface area contributed by atoms with Gasteiger partial charge in [-0.25, -0.2) is 0 Å². The molecule has 0 spiro atoms. The number of fused-ring (bicyclic) bond motifs is 1. The lowest BCUT2D eigenvalue weighted by atomic mass is 10.1. The van der Waals surface area contributed by atoms with Gasteiger partial charge in [0.25, 0.3) is 5.91 Å². The molecule has 1 amide bonds. The van der Waals surface area contributed by atoms with Gasteiger partial charge in [0.05, 0.1) is 12.2 Å². The molecule has 0 saturated carbocycles. The zero-order chi connectivity index (χ0) is 21.1. The molecule has 4 rings (SSSR count). The van der Waals surface area contributed by atoms with E-state index in [1.165, 1.54) is 16.8 Å². The second-order valence-electron chi connectivity index (χ2n) is 6.85. The van der Waals surface area contributed by atoms with Crippen molar-refractivity contribution in [3.05, 3.63) is 53.9 Å². The number of hydrogen-bond acceptors (Lipinski definition) is 5. The van der Waals surface area contributed by atoms with Gasteiger partial charge in [-0.2, -0.15) is 15.1 Å². The van der Waals surface area contributed by atoms with Crippen molar-refractivity contribution in [1.82, 2.24) is 9.58 Å². The molecule has 7 nitrogen and oxygen atoms in total. The van der Waals surface area contributed by atoms with Crippen molar-refractivity contribution in [1.29, 1.82) is 5.41 Å². The Morgan fingerprint density at radius 1 is 1.20 bits per heavy atom. The van der Waals surface area contributed by atoms with E-state index in [-0.39, 0.29) is 11.4 Å². The third kappa shape index (κ3) is 3.95. The van der Waals surface area contributed by atoms with Gasteiger partial charge in [-0.3, -0.25) is 10.2 Å². The van der Waals surface area contributed by atoms with Crippen molar-refractivity contribution in [2.24, 2.45) is 10.1 Å². The molecule has 0 radical (unpaired) electrons. The second kappa shape index (κ2) is 8.71. The average Bonchev–Trinajstić information content (AvgIpc) is 3.37. The van der Waals surface area contributed by atoms with E-state index in [0.29, 0.717) is 11.8 Å². The molecule has 154 valence electrons. The molecule has 2 aliphatic rings. The van der Waals surface area contributed by atoms with E-state index in [1.54, 1.807) is 6.08 Å². The Morgan fingerprint density at radius 2 is 2.00 bits per heavy atom. The Balaban J connectivity index is 1.62. The number of hydrogen-bond donors (Lipinski definition) is 1. The number of carbonyl (C=O) groups excluding carboxylic acids is 1. The number of unbranched alkanes of at least 4 members (excludes halogenated alkanes) is 1. The number of amidine groups is 2. The fourth-order valence-electron chi connectivity index (χ4n) is 3.23. The highest BCUT2D eigenvalue weighted by molar-refractivity contribution is 8.26. The molecule has 0 atom stereocenters. The summed E-state index contributed by atoms with van der Waals surface area (Å²) in [5.74, 6) is 0.455. The Kier molecular flexibility index (Phi) is 5.85. The minimum absolute atomic E-state index is 0.0587. The summed E-state index contributed by atoms with van der Waals surface area (Å²) in [6.07, 6.45) is 6.53. The largest absolute Gasteiger partial charge is 0.494 e. The molecule has 30 heavy (non-hydrogen) atoms. The van der Waals surface area contributed by atoms with Crippen molar-refractivity contribution in [2.45, 2.75) is 33.1 Å². The summed E-state index contributed by atoms with van der Waals surface area (Å²) in [5.41, 5.74) is 1.95. The summed E-state index contributed by atoms with van der Waals surface area (Å²) in [4.78, 5) is 16.8. The lowest BCUT2D eigenvalue weighted by Gasteiger charge is -2.20. The van der Waals surface area contributed by atoms with Gasteiger partial charge < -0.3 is 9.30 Å². The van der Waals surface area contributed by atoms with Gasteiger partial charge in [0.2, 0.25) is 5.17 Å². The smallest absolute Gasteiger partial charge is 0.283 e. The molecule has 2 aromatic rings. The zero-order valence-electron chi connectivity index (χ0n) is 17.0. The van der Waals surface area contributed by atoms with Crippen LogP contribution in [0.2, 0.25) is 0 Å². The van der Waals surface area contributed by atoms with E-state index in [2.05, 4.69) is 17.0 Å². The number of aromatic nitrogens is 1. The number of carbonyl (C=O) groups is 1. The van der Waals surface area contributed by atoms with Gasteiger partial charge in [-0.15, -0.1) is 0 Å². The van der Waals surface area contributed by atoms with Crippen LogP contribution in [0.5, 0.6) is 5.75 Å². The number of nitrogens with zero attached hydrogens (tertiary/aromatic N) is 4. The van der Waals surface area contributed by atoms with Crippen molar-refractivity contribution in [3.63, 3.8) is 0 Å². The maximum Gasteiger partial charge on any atom is 0.283 e. The van der Waals surface area contributed by atoms with Crippen molar-refractivity contribution >= 4 is 39.8 Å². The monoisotopic (exact) mass is 421 g/mol. The highest BCUT2D eigenvalue weighted by Gasteiger charge is 2.35. The molecule has 1 aromatic carbocycles. The molecule has 2 aliphatic heterocycles. The van der Waals surface area contributed by atoms with Crippen LogP contribution in [0, 0.1) is 5.41 Å². The van der Waals surface area contributed by atoms with Crippen molar-refractivity contribution < 1.29 is 9.53 Å². The number of ether oxygens (including phenoxy) is 1. The van der Waals surface area contributed by atoms with Gasteiger partial charge in [0, 0.05) is 17.6 Å². The maximum atomic E-state index is 12.6. The van der Waals surface area contributed by atoms with Crippen molar-refractivity contribution in [3.8, 4) is 11.4 Å². The van der Waals surface area contributed by atoms with Gasteiger partial charge >= 0.3 is 0 Å². The normalized spacial score (nSPS) is 17.3. The third-order valence-electron chi connectivity index (χ3n) is 4.74. The number of aliphatic imine (C=N–C) groups is 1. The van der Waals surface area contributed by atoms with Crippen LogP contribution < -0.4 is 4.74 Å². The van der Waals surface area contributed by atoms with E-state index in [0.717, 1.165) is 41.4 Å². The van der Waals surface area contributed by atoms with Crippen molar-refractivity contribution in [2.75, 3.05) is 6.61 Å². The highest BCUT2D eigenvalue weighted by atomic mass is 32.2. The molecule has 1 N–H and O–H groups in total. The maximum absolute atomic E-state index is 12.6. The molecular weight excluding hydrogens is 398 g/mol. The molecule has 0 saturated heterocycles. The number of benzene rings is 1. The Bertz CT molecular complexity index is 1070. The number of nitrogens with one attached hydrogen (secondary N) is 1. The van der Waals surface area contributed by atoms with E-state index in [9.17, 15) is 4.79 Å². The van der Waals surface area contributed by atoms with Crippen LogP contribution in [-0.4, -0.2) is 38.1 Å². The number of rotatable bonds is 7. The first-order valence-corrected chi connectivity index (χ1v) is 10.8. The summed E-state index contributed by atoms with van der Waals surface area (Å²) >= 11 is 1.38. The van der Waals surface area contributed by atoms with E-state index in [1.807, 2.05) is 54.1 Å². The third-order valence-corrected chi connectivity index (χ3v) is 5.71. The predicted octanol–water partition coefficient (Wildman–Crippen LogP) is 4.69.